The Morgan fingerprint density at radius 2 is 1.86 bits per heavy atom. The third kappa shape index (κ3) is 4.41. The summed E-state index contributed by atoms with van der Waals surface area (Å²) >= 11 is 1.33. The molecule has 10 heteroatoms. The van der Waals surface area contributed by atoms with Crippen molar-refractivity contribution >= 4 is 23.8 Å². The van der Waals surface area contributed by atoms with Crippen molar-refractivity contribution in [2.24, 2.45) is 7.05 Å². The number of hydrogen-bond donors (Lipinski definition) is 1. The molecule has 2 amide bonds. The van der Waals surface area contributed by atoms with Crippen molar-refractivity contribution in [2.75, 3.05) is 12.9 Å². The number of ether oxygens (including phenoxy) is 1. The first-order valence-electron chi connectivity index (χ1n) is 11.2. The van der Waals surface area contributed by atoms with E-state index < -0.39 is 12.0 Å². The van der Waals surface area contributed by atoms with Gasteiger partial charge in [-0.1, -0.05) is 54.2 Å². The molecule has 180 valence electrons. The summed E-state index contributed by atoms with van der Waals surface area (Å²) in [5.41, 5.74) is 2.14. The lowest BCUT2D eigenvalue weighted by Gasteiger charge is -2.36. The van der Waals surface area contributed by atoms with Gasteiger partial charge in [0.1, 0.15) is 5.82 Å². The van der Waals surface area contributed by atoms with Gasteiger partial charge in [0.15, 0.2) is 11.0 Å². The minimum atomic E-state index is -0.629. The Bertz CT molecular complexity index is 1310. The van der Waals surface area contributed by atoms with Gasteiger partial charge in [0.2, 0.25) is 0 Å². The summed E-state index contributed by atoms with van der Waals surface area (Å²) in [7, 11) is 3.10. The molecule has 1 aliphatic heterocycles. The average molecular weight is 494 g/mol. The van der Waals surface area contributed by atoms with Gasteiger partial charge in [-0.05, 0) is 30.5 Å². The third-order valence-electron chi connectivity index (χ3n) is 6.11. The summed E-state index contributed by atoms with van der Waals surface area (Å²) in [4.78, 5) is 27.9. The van der Waals surface area contributed by atoms with Crippen LogP contribution in [0.2, 0.25) is 0 Å². The van der Waals surface area contributed by atoms with Crippen LogP contribution in [0.25, 0.3) is 11.4 Å². The monoisotopic (exact) mass is 493 g/mol. The van der Waals surface area contributed by atoms with Crippen molar-refractivity contribution in [3.63, 3.8) is 0 Å². The molecule has 1 unspecified atom stereocenters. The molecule has 1 atom stereocenters. The van der Waals surface area contributed by atoms with E-state index in [0.29, 0.717) is 33.6 Å². The fourth-order valence-electron chi connectivity index (χ4n) is 4.24. The zero-order chi connectivity index (χ0) is 24.5. The second kappa shape index (κ2) is 9.53. The number of nitrogens with zero attached hydrogens (tertiary/aromatic N) is 4. The molecule has 0 saturated heterocycles. The van der Waals surface area contributed by atoms with Gasteiger partial charge in [0.05, 0.1) is 24.3 Å². The average Bonchev–Trinajstić information content (AvgIpc) is 3.65. The van der Waals surface area contributed by atoms with Crippen LogP contribution in [-0.2, 0) is 16.6 Å². The molecule has 2 heterocycles. The Morgan fingerprint density at radius 1 is 1.14 bits per heavy atom. The number of benzene rings is 2. The van der Waals surface area contributed by atoms with E-state index in [1.807, 2.05) is 30.3 Å². The van der Waals surface area contributed by atoms with Crippen molar-refractivity contribution < 1.29 is 18.7 Å². The zero-order valence-corrected chi connectivity index (χ0v) is 20.1. The number of urea groups is 1. The van der Waals surface area contributed by atoms with Crippen LogP contribution >= 0.6 is 11.8 Å². The van der Waals surface area contributed by atoms with Gasteiger partial charge in [-0.25, -0.2) is 14.0 Å². The molecule has 8 nitrogen and oxygen atoms in total. The van der Waals surface area contributed by atoms with Crippen LogP contribution in [0.5, 0.6) is 0 Å². The van der Waals surface area contributed by atoms with Crippen LogP contribution < -0.4 is 5.32 Å². The van der Waals surface area contributed by atoms with Crippen molar-refractivity contribution in [1.29, 1.82) is 0 Å². The summed E-state index contributed by atoms with van der Waals surface area (Å²) in [6, 6.07) is 14.9. The molecule has 5 rings (SSSR count). The number of halogens is 1. The normalized spacial score (nSPS) is 18.0. The quantitative estimate of drug-likeness (QED) is 0.394. The summed E-state index contributed by atoms with van der Waals surface area (Å²) in [6.07, 6.45) is 1.74. The molecule has 35 heavy (non-hydrogen) atoms. The van der Waals surface area contributed by atoms with E-state index in [4.69, 9.17) is 4.74 Å². The summed E-state index contributed by atoms with van der Waals surface area (Å²) in [5, 5.41) is 11.9. The molecule has 0 radical (unpaired) electrons. The van der Waals surface area contributed by atoms with E-state index in [1.165, 1.54) is 24.9 Å². The number of nitrogens with one attached hydrogen (secondary N) is 1. The highest BCUT2D eigenvalue weighted by atomic mass is 32.2. The molecule has 1 saturated carbocycles. The first-order chi connectivity index (χ1) is 17.0. The van der Waals surface area contributed by atoms with Crippen LogP contribution in [0.1, 0.15) is 24.4 Å². The van der Waals surface area contributed by atoms with Crippen LogP contribution in [0.3, 0.4) is 0 Å². The van der Waals surface area contributed by atoms with Crippen molar-refractivity contribution in [1.82, 2.24) is 25.0 Å². The lowest BCUT2D eigenvalue weighted by Crippen LogP contribution is -2.50. The Morgan fingerprint density at radius 3 is 2.54 bits per heavy atom. The highest BCUT2D eigenvalue weighted by Crippen LogP contribution is 2.40. The zero-order valence-electron chi connectivity index (χ0n) is 19.3. The number of esters is 1. The second-order valence-corrected chi connectivity index (χ2v) is 9.32. The van der Waals surface area contributed by atoms with E-state index >= 15 is 0 Å². The largest absolute Gasteiger partial charge is 0.466 e. The number of carbonyl (C=O) groups is 2. The van der Waals surface area contributed by atoms with Gasteiger partial charge in [-0.3, -0.25) is 4.90 Å². The predicted octanol–water partition coefficient (Wildman–Crippen LogP) is 4.07. The number of thioether (sulfide) groups is 1. The van der Waals surface area contributed by atoms with Gasteiger partial charge >= 0.3 is 12.0 Å². The molecular formula is C25H24FN5O3S. The Labute approximate surface area is 206 Å². The van der Waals surface area contributed by atoms with Crippen LogP contribution in [-0.4, -0.2) is 50.6 Å². The van der Waals surface area contributed by atoms with E-state index in [0.717, 1.165) is 18.4 Å². The van der Waals surface area contributed by atoms with Gasteiger partial charge in [-0.2, -0.15) is 0 Å². The van der Waals surface area contributed by atoms with E-state index in [9.17, 15) is 14.0 Å². The van der Waals surface area contributed by atoms with Crippen molar-refractivity contribution in [3.8, 4) is 11.4 Å². The number of amides is 2. The standard InChI is InChI=1S/C25H24FN5O3S/c1-30-22(17-10-6-7-11-18(17)26)28-29-25(30)35-14-19-20(23(32)34-2)21(15-8-4-3-5-9-15)27-24(33)31(19)16-12-13-16/h3-11,16,21H,12-14H2,1-2H3,(H,27,33). The van der Waals surface area contributed by atoms with Gasteiger partial charge in [-0.15, -0.1) is 10.2 Å². The lowest BCUT2D eigenvalue weighted by molar-refractivity contribution is -0.136. The van der Waals surface area contributed by atoms with Crippen molar-refractivity contribution in [2.45, 2.75) is 30.1 Å². The van der Waals surface area contributed by atoms with E-state index in [2.05, 4.69) is 15.5 Å². The predicted molar refractivity (Wildman–Crippen MR) is 129 cm³/mol. The molecule has 2 aromatic carbocycles. The summed E-state index contributed by atoms with van der Waals surface area (Å²) < 4.78 is 21.2. The molecule has 3 aromatic rings. The topological polar surface area (TPSA) is 89.3 Å². The fraction of sp³-hybridized carbons (Fsp3) is 0.280. The van der Waals surface area contributed by atoms with E-state index in [-0.39, 0.29) is 17.9 Å². The molecular weight excluding hydrogens is 469 g/mol. The molecule has 0 bridgehead atoms. The number of aromatic nitrogens is 3. The summed E-state index contributed by atoms with van der Waals surface area (Å²) in [5.74, 6) is -0.189. The maximum Gasteiger partial charge on any atom is 0.338 e. The molecule has 1 fully saturated rings. The number of methoxy groups -OCH3 is 1. The fourth-order valence-corrected chi connectivity index (χ4v) is 5.18. The molecule has 1 N–H and O–H groups in total. The molecule has 1 aliphatic carbocycles. The molecule has 1 aromatic heterocycles. The van der Waals surface area contributed by atoms with Crippen LogP contribution in [0.4, 0.5) is 9.18 Å². The Kier molecular flexibility index (Phi) is 6.29. The van der Waals surface area contributed by atoms with Crippen molar-refractivity contribution in [3.05, 3.63) is 77.2 Å². The smallest absolute Gasteiger partial charge is 0.338 e. The first-order valence-corrected chi connectivity index (χ1v) is 12.2. The molecule has 0 spiro atoms. The Hall–Kier alpha value is -3.66. The first kappa shape index (κ1) is 23.1. The summed E-state index contributed by atoms with van der Waals surface area (Å²) in [6.45, 7) is 0. The Balaban J connectivity index is 1.52. The SMILES string of the molecule is COC(=O)C1=C(CSc2nnc(-c3ccccc3F)n2C)N(C2CC2)C(=O)NC1c1ccccc1. The second-order valence-electron chi connectivity index (χ2n) is 8.38. The number of rotatable bonds is 7. The number of hydrogen-bond acceptors (Lipinski definition) is 6. The van der Waals surface area contributed by atoms with Gasteiger partial charge in [0, 0.05) is 24.5 Å². The highest BCUT2D eigenvalue weighted by molar-refractivity contribution is 7.99. The number of carbonyl (C=O) groups excluding carboxylic acids is 2. The maximum atomic E-state index is 14.3. The van der Waals surface area contributed by atoms with Crippen LogP contribution in [0, 0.1) is 5.82 Å². The van der Waals surface area contributed by atoms with Gasteiger partial charge < -0.3 is 14.6 Å². The van der Waals surface area contributed by atoms with E-state index in [1.54, 1.807) is 34.7 Å². The third-order valence-corrected chi connectivity index (χ3v) is 7.15. The highest BCUT2D eigenvalue weighted by Gasteiger charge is 2.44. The van der Waals surface area contributed by atoms with Gasteiger partial charge in [0.25, 0.3) is 0 Å². The maximum absolute atomic E-state index is 14.3. The minimum absolute atomic E-state index is 0.0375. The minimum Gasteiger partial charge on any atom is -0.466 e. The molecule has 2 aliphatic rings. The lowest BCUT2D eigenvalue weighted by atomic mass is 9.95. The van der Waals surface area contributed by atoms with Crippen LogP contribution in [0.15, 0.2) is 71.0 Å².